The van der Waals surface area contributed by atoms with Crippen LogP contribution < -0.4 is 5.32 Å². The monoisotopic (exact) mass is 408 g/mol. The summed E-state index contributed by atoms with van der Waals surface area (Å²) in [4.78, 5) is 31.7. The van der Waals surface area contributed by atoms with Crippen molar-refractivity contribution in [3.63, 3.8) is 0 Å². The minimum absolute atomic E-state index is 0.00783. The van der Waals surface area contributed by atoms with Crippen LogP contribution in [0.2, 0.25) is 0 Å². The molecule has 0 aliphatic carbocycles. The Morgan fingerprint density at radius 2 is 1.55 bits per heavy atom. The average Bonchev–Trinajstić information content (AvgIpc) is 2.71. The lowest BCUT2D eigenvalue weighted by atomic mass is 9.88. The molecule has 3 amide bonds. The highest BCUT2D eigenvalue weighted by Crippen LogP contribution is 2.27. The third-order valence-electron chi connectivity index (χ3n) is 6.85. The van der Waals surface area contributed by atoms with E-state index >= 15 is 0 Å². The zero-order valence-electron chi connectivity index (χ0n) is 18.8. The Morgan fingerprint density at radius 3 is 2.14 bits per heavy atom. The highest BCUT2D eigenvalue weighted by atomic mass is 16.5. The third-order valence-corrected chi connectivity index (χ3v) is 6.85. The molecule has 166 valence electrons. The molecule has 2 atom stereocenters. The summed E-state index contributed by atoms with van der Waals surface area (Å²) in [5.74, 6) is 1.70. The van der Waals surface area contributed by atoms with Crippen molar-refractivity contribution in [2.75, 3.05) is 59.0 Å². The summed E-state index contributed by atoms with van der Waals surface area (Å²) in [6, 6.07) is 0.00783. The van der Waals surface area contributed by atoms with Crippen molar-refractivity contribution in [2.45, 2.75) is 52.5 Å². The molecule has 3 aliphatic rings. The summed E-state index contributed by atoms with van der Waals surface area (Å²) in [6.07, 6.45) is 2.80. The summed E-state index contributed by atoms with van der Waals surface area (Å²) in [7, 11) is 0. The molecule has 7 nitrogen and oxygen atoms in total. The molecule has 3 saturated heterocycles. The molecule has 2 unspecified atom stereocenters. The Hall–Kier alpha value is -1.34. The van der Waals surface area contributed by atoms with Crippen molar-refractivity contribution in [3.05, 3.63) is 0 Å². The number of rotatable bonds is 4. The zero-order valence-corrected chi connectivity index (χ0v) is 18.8. The third kappa shape index (κ3) is 5.85. The number of likely N-dealkylation sites (tertiary alicyclic amines) is 2. The minimum Gasteiger partial charge on any atom is -0.378 e. The van der Waals surface area contributed by atoms with Gasteiger partial charge in [0.2, 0.25) is 5.91 Å². The summed E-state index contributed by atoms with van der Waals surface area (Å²) in [6.45, 7) is 15.9. The van der Waals surface area contributed by atoms with Crippen LogP contribution in [-0.4, -0.2) is 91.2 Å². The second-order valence-corrected chi connectivity index (χ2v) is 10.0. The van der Waals surface area contributed by atoms with Gasteiger partial charge in [-0.25, -0.2) is 4.79 Å². The van der Waals surface area contributed by atoms with Crippen LogP contribution in [0.25, 0.3) is 0 Å². The van der Waals surface area contributed by atoms with Gasteiger partial charge in [0.15, 0.2) is 0 Å². The van der Waals surface area contributed by atoms with Crippen LogP contribution in [0.3, 0.4) is 0 Å². The van der Waals surface area contributed by atoms with Gasteiger partial charge < -0.3 is 19.9 Å². The van der Waals surface area contributed by atoms with E-state index in [1.807, 2.05) is 9.80 Å². The van der Waals surface area contributed by atoms with E-state index in [1.165, 1.54) is 6.42 Å². The lowest BCUT2D eigenvalue weighted by molar-refractivity contribution is -0.141. The zero-order chi connectivity index (χ0) is 21.0. The van der Waals surface area contributed by atoms with Crippen molar-refractivity contribution in [1.82, 2.24) is 20.0 Å². The Kier molecular flexibility index (Phi) is 7.43. The molecule has 1 N–H and O–H groups in total. The molecular weight excluding hydrogens is 368 g/mol. The van der Waals surface area contributed by atoms with Crippen LogP contribution in [-0.2, 0) is 9.53 Å². The molecule has 0 aromatic heterocycles. The highest BCUT2D eigenvalue weighted by molar-refractivity contribution is 5.80. The standard InChI is InChI=1S/C22H40N4O3/c1-17-13-18(2)15-26(14-17)22(3,4)16-23-21(28)25-7-5-19(6-8-25)20(27)24-9-11-29-12-10-24/h17-19H,5-16H2,1-4H3,(H,23,28). The number of carbonyl (C=O) groups is 2. The number of nitrogens with zero attached hydrogens (tertiary/aromatic N) is 3. The summed E-state index contributed by atoms with van der Waals surface area (Å²) < 4.78 is 5.34. The topological polar surface area (TPSA) is 65.1 Å². The van der Waals surface area contributed by atoms with Gasteiger partial charge in [0, 0.05) is 57.3 Å². The number of nitrogens with one attached hydrogen (secondary N) is 1. The summed E-state index contributed by atoms with van der Waals surface area (Å²) in [5.41, 5.74) is -0.0524. The van der Waals surface area contributed by atoms with Gasteiger partial charge in [-0.2, -0.15) is 0 Å². The molecule has 3 heterocycles. The van der Waals surface area contributed by atoms with E-state index in [0.717, 1.165) is 25.9 Å². The number of urea groups is 1. The Bertz CT molecular complexity index is 558. The van der Waals surface area contributed by atoms with Crippen molar-refractivity contribution in [3.8, 4) is 0 Å². The smallest absolute Gasteiger partial charge is 0.317 e. The first-order valence-corrected chi connectivity index (χ1v) is 11.4. The molecule has 3 aliphatic heterocycles. The van der Waals surface area contributed by atoms with Gasteiger partial charge in [0.1, 0.15) is 0 Å². The van der Waals surface area contributed by atoms with E-state index in [0.29, 0.717) is 57.8 Å². The first-order valence-electron chi connectivity index (χ1n) is 11.4. The molecule has 0 aromatic carbocycles. The maximum Gasteiger partial charge on any atom is 0.317 e. The van der Waals surface area contributed by atoms with Gasteiger partial charge in [0.05, 0.1) is 13.2 Å². The minimum atomic E-state index is -0.0524. The molecule has 0 saturated carbocycles. The number of morpholine rings is 1. The number of ether oxygens (including phenoxy) is 1. The van der Waals surface area contributed by atoms with E-state index in [1.54, 1.807) is 0 Å². The van der Waals surface area contributed by atoms with Gasteiger partial charge in [-0.3, -0.25) is 9.69 Å². The molecule has 0 aromatic rings. The Balaban J connectivity index is 1.43. The average molecular weight is 409 g/mol. The van der Waals surface area contributed by atoms with Gasteiger partial charge in [0.25, 0.3) is 0 Å². The van der Waals surface area contributed by atoms with Gasteiger partial charge >= 0.3 is 6.03 Å². The number of hydrogen-bond acceptors (Lipinski definition) is 4. The number of hydrogen-bond donors (Lipinski definition) is 1. The molecule has 7 heteroatoms. The molecule has 29 heavy (non-hydrogen) atoms. The first-order chi connectivity index (χ1) is 13.8. The van der Waals surface area contributed by atoms with Crippen LogP contribution in [0.15, 0.2) is 0 Å². The van der Waals surface area contributed by atoms with Crippen molar-refractivity contribution < 1.29 is 14.3 Å². The fourth-order valence-corrected chi connectivity index (χ4v) is 5.04. The molecule has 3 rings (SSSR count). The van der Waals surface area contributed by atoms with E-state index in [4.69, 9.17) is 4.74 Å². The second kappa shape index (κ2) is 9.65. The van der Waals surface area contributed by atoms with Crippen LogP contribution >= 0.6 is 0 Å². The quantitative estimate of drug-likeness (QED) is 0.773. The van der Waals surface area contributed by atoms with Crippen molar-refractivity contribution in [2.24, 2.45) is 17.8 Å². The van der Waals surface area contributed by atoms with Crippen LogP contribution in [0, 0.1) is 17.8 Å². The molecule has 0 spiro atoms. The molecule has 3 fully saturated rings. The SMILES string of the molecule is CC1CC(C)CN(C(C)(C)CNC(=O)N2CCC(C(=O)N3CCOCC3)CC2)C1. The highest BCUT2D eigenvalue weighted by Gasteiger charge is 2.34. The number of amides is 3. The molecule has 0 bridgehead atoms. The predicted molar refractivity (Wildman–Crippen MR) is 114 cm³/mol. The number of piperidine rings is 2. The van der Waals surface area contributed by atoms with E-state index in [2.05, 4.69) is 37.9 Å². The van der Waals surface area contributed by atoms with Gasteiger partial charge in [-0.15, -0.1) is 0 Å². The summed E-state index contributed by atoms with van der Waals surface area (Å²) >= 11 is 0. The predicted octanol–water partition coefficient (Wildman–Crippen LogP) is 2.02. The lowest BCUT2D eigenvalue weighted by Crippen LogP contribution is -2.57. The largest absolute Gasteiger partial charge is 0.378 e. The maximum atomic E-state index is 12.7. The Labute approximate surface area is 176 Å². The normalized spacial score (nSPS) is 27.7. The second-order valence-electron chi connectivity index (χ2n) is 10.0. The Morgan fingerprint density at radius 1 is 0.966 bits per heavy atom. The van der Waals surface area contributed by atoms with E-state index < -0.39 is 0 Å². The van der Waals surface area contributed by atoms with Crippen molar-refractivity contribution in [1.29, 1.82) is 0 Å². The lowest BCUT2D eigenvalue weighted by Gasteiger charge is -2.45. The van der Waals surface area contributed by atoms with Crippen LogP contribution in [0.4, 0.5) is 4.79 Å². The van der Waals surface area contributed by atoms with Crippen LogP contribution in [0.1, 0.15) is 47.0 Å². The van der Waals surface area contributed by atoms with Gasteiger partial charge in [-0.05, 0) is 44.9 Å². The maximum absolute atomic E-state index is 12.7. The van der Waals surface area contributed by atoms with Crippen molar-refractivity contribution >= 4 is 11.9 Å². The molecular formula is C22H40N4O3. The molecule has 0 radical (unpaired) electrons. The van der Waals surface area contributed by atoms with E-state index in [-0.39, 0.29) is 23.4 Å². The van der Waals surface area contributed by atoms with Gasteiger partial charge in [-0.1, -0.05) is 13.8 Å². The fourth-order valence-electron chi connectivity index (χ4n) is 5.04. The first kappa shape index (κ1) is 22.3. The van der Waals surface area contributed by atoms with E-state index in [9.17, 15) is 9.59 Å². The fraction of sp³-hybridized carbons (Fsp3) is 0.909. The summed E-state index contributed by atoms with van der Waals surface area (Å²) in [5, 5.41) is 3.16. The van der Waals surface area contributed by atoms with Crippen LogP contribution in [0.5, 0.6) is 0 Å². The number of carbonyl (C=O) groups excluding carboxylic acids is 2.